The summed E-state index contributed by atoms with van der Waals surface area (Å²) in [6.07, 6.45) is 1.50. The normalized spacial score (nSPS) is 12.4. The van der Waals surface area contributed by atoms with Crippen LogP contribution in [0.4, 0.5) is 5.69 Å². The van der Waals surface area contributed by atoms with E-state index >= 15 is 0 Å². The van der Waals surface area contributed by atoms with Crippen LogP contribution in [0.2, 0.25) is 0 Å². The van der Waals surface area contributed by atoms with Crippen LogP contribution in [0.25, 0.3) is 11.0 Å². The van der Waals surface area contributed by atoms with Gasteiger partial charge in [-0.1, -0.05) is 0 Å². The Kier molecular flexibility index (Phi) is 3.87. The number of halogens is 1. The van der Waals surface area contributed by atoms with Crippen LogP contribution in [0.3, 0.4) is 0 Å². The number of aryl methyl sites for hydroxylation is 2. The lowest BCUT2D eigenvalue weighted by atomic mass is 10.2. The van der Waals surface area contributed by atoms with Crippen molar-refractivity contribution in [3.05, 3.63) is 32.6 Å². The Hall–Kier alpha value is -2.15. The van der Waals surface area contributed by atoms with Gasteiger partial charge in [-0.05, 0) is 19.4 Å². The highest BCUT2D eigenvalue weighted by Crippen LogP contribution is 2.22. The summed E-state index contributed by atoms with van der Waals surface area (Å²) in [5.74, 6) is -0.428. The highest BCUT2D eigenvalue weighted by atomic mass is 35.5. The number of hydrogen-bond acceptors (Lipinski definition) is 4. The van der Waals surface area contributed by atoms with Crippen molar-refractivity contribution in [2.45, 2.75) is 19.2 Å². The number of carbonyl (C=O) groups is 1. The van der Waals surface area contributed by atoms with Gasteiger partial charge in [0.05, 0.1) is 5.69 Å². The Balaban J connectivity index is 2.88. The summed E-state index contributed by atoms with van der Waals surface area (Å²) in [7, 11) is 2.89. The topological polar surface area (TPSA) is 86.0 Å². The summed E-state index contributed by atoms with van der Waals surface area (Å²) in [5, 5.41) is 2.07. The number of pyridine rings is 1. The second-order valence-electron chi connectivity index (χ2n) is 4.83. The molecule has 7 nitrogen and oxygen atoms in total. The summed E-state index contributed by atoms with van der Waals surface area (Å²) in [6.45, 7) is 3.24. The molecule has 21 heavy (non-hydrogen) atoms. The van der Waals surface area contributed by atoms with Crippen LogP contribution in [0.15, 0.2) is 15.8 Å². The number of rotatable bonds is 2. The Morgan fingerprint density at radius 1 is 1.33 bits per heavy atom. The summed E-state index contributed by atoms with van der Waals surface area (Å²) >= 11 is 5.74. The first-order valence-corrected chi connectivity index (χ1v) is 6.69. The van der Waals surface area contributed by atoms with Gasteiger partial charge >= 0.3 is 5.69 Å². The van der Waals surface area contributed by atoms with E-state index in [1.54, 1.807) is 6.92 Å². The molecule has 112 valence electrons. The predicted octanol–water partition coefficient (Wildman–Crippen LogP) is 0.506. The van der Waals surface area contributed by atoms with Crippen LogP contribution in [-0.4, -0.2) is 25.4 Å². The molecule has 0 saturated carbocycles. The highest BCUT2D eigenvalue weighted by Gasteiger charge is 2.18. The summed E-state index contributed by atoms with van der Waals surface area (Å²) in [4.78, 5) is 40.2. The predicted molar refractivity (Wildman–Crippen MR) is 80.9 cm³/mol. The number of hydrogen-bond donors (Lipinski definition) is 1. The first-order chi connectivity index (χ1) is 9.75. The Morgan fingerprint density at radius 2 is 1.95 bits per heavy atom. The molecule has 0 radical (unpaired) electrons. The number of amides is 1. The van der Waals surface area contributed by atoms with Gasteiger partial charge in [0.25, 0.3) is 5.56 Å². The van der Waals surface area contributed by atoms with Crippen molar-refractivity contribution in [3.63, 3.8) is 0 Å². The van der Waals surface area contributed by atoms with Crippen molar-refractivity contribution in [1.29, 1.82) is 0 Å². The first kappa shape index (κ1) is 15.2. The van der Waals surface area contributed by atoms with E-state index in [2.05, 4.69) is 10.3 Å². The molecule has 2 aromatic rings. The molecule has 0 aliphatic rings. The fraction of sp³-hybridized carbons (Fsp3) is 0.385. The summed E-state index contributed by atoms with van der Waals surface area (Å²) in [6, 6.07) is 0. The van der Waals surface area contributed by atoms with E-state index in [-0.39, 0.29) is 11.0 Å². The van der Waals surface area contributed by atoms with Crippen LogP contribution in [0.1, 0.15) is 12.5 Å². The number of alkyl halides is 1. The number of nitrogens with zero attached hydrogens (tertiary/aromatic N) is 3. The van der Waals surface area contributed by atoms with Gasteiger partial charge in [-0.15, -0.1) is 11.6 Å². The minimum absolute atomic E-state index is 0.185. The maximum atomic E-state index is 12.4. The van der Waals surface area contributed by atoms with E-state index in [1.165, 1.54) is 31.8 Å². The van der Waals surface area contributed by atoms with Crippen molar-refractivity contribution in [1.82, 2.24) is 14.1 Å². The van der Waals surface area contributed by atoms with Crippen molar-refractivity contribution in [2.24, 2.45) is 14.1 Å². The van der Waals surface area contributed by atoms with Crippen LogP contribution in [0.5, 0.6) is 0 Å². The molecule has 0 spiro atoms. The van der Waals surface area contributed by atoms with Crippen molar-refractivity contribution in [3.8, 4) is 0 Å². The van der Waals surface area contributed by atoms with Gasteiger partial charge in [-0.3, -0.25) is 18.7 Å². The molecule has 2 heterocycles. The largest absolute Gasteiger partial charge is 0.332 e. The molecule has 0 bridgehead atoms. The van der Waals surface area contributed by atoms with E-state index in [0.29, 0.717) is 11.3 Å². The number of carbonyl (C=O) groups excluding carboxylic acids is 1. The minimum atomic E-state index is -0.746. The fourth-order valence-corrected chi connectivity index (χ4v) is 2.06. The standard InChI is InChI=1S/C13H15ClN4O3/c1-6-5-15-10-8(9(6)16-11(19)7(2)14)12(20)18(4)13(21)17(10)3/h5,7H,1-4H3,(H,15,16,19). The van der Waals surface area contributed by atoms with Gasteiger partial charge in [0.15, 0.2) is 5.65 Å². The van der Waals surface area contributed by atoms with Gasteiger partial charge in [-0.2, -0.15) is 0 Å². The molecule has 0 aromatic carbocycles. The third kappa shape index (κ3) is 2.44. The highest BCUT2D eigenvalue weighted by molar-refractivity contribution is 6.32. The maximum absolute atomic E-state index is 12.4. The molecule has 0 aliphatic carbocycles. The molecular weight excluding hydrogens is 296 g/mol. The summed E-state index contributed by atoms with van der Waals surface area (Å²) in [5.41, 5.74) is 0.164. The van der Waals surface area contributed by atoms with E-state index in [0.717, 1.165) is 4.57 Å². The van der Waals surface area contributed by atoms with Gasteiger partial charge in [0.2, 0.25) is 5.91 Å². The molecule has 1 N–H and O–H groups in total. The molecule has 1 atom stereocenters. The average Bonchev–Trinajstić information content (AvgIpc) is 2.44. The Morgan fingerprint density at radius 3 is 2.52 bits per heavy atom. The van der Waals surface area contributed by atoms with Gasteiger partial charge < -0.3 is 5.32 Å². The zero-order chi connectivity index (χ0) is 15.9. The Bertz CT molecular complexity index is 851. The quantitative estimate of drug-likeness (QED) is 0.819. The lowest BCUT2D eigenvalue weighted by Gasteiger charge is -2.14. The third-order valence-corrected chi connectivity index (χ3v) is 3.47. The summed E-state index contributed by atoms with van der Waals surface area (Å²) < 4.78 is 2.24. The minimum Gasteiger partial charge on any atom is -0.324 e. The molecule has 0 aliphatic heterocycles. The van der Waals surface area contributed by atoms with E-state index in [4.69, 9.17) is 11.6 Å². The second kappa shape index (κ2) is 5.33. The van der Waals surface area contributed by atoms with Crippen molar-refractivity contribution in [2.75, 3.05) is 5.32 Å². The molecular formula is C13H15ClN4O3. The smallest absolute Gasteiger partial charge is 0.324 e. The lowest BCUT2D eigenvalue weighted by Crippen LogP contribution is -2.38. The number of fused-ring (bicyclic) bond motifs is 1. The van der Waals surface area contributed by atoms with Crippen LogP contribution in [0, 0.1) is 6.92 Å². The molecule has 0 saturated heterocycles. The second-order valence-corrected chi connectivity index (χ2v) is 5.48. The Labute approximate surface area is 125 Å². The van der Waals surface area contributed by atoms with E-state index in [9.17, 15) is 14.4 Å². The molecule has 2 aromatic heterocycles. The molecule has 0 fully saturated rings. The van der Waals surface area contributed by atoms with Gasteiger partial charge in [-0.25, -0.2) is 9.78 Å². The zero-order valence-electron chi connectivity index (χ0n) is 12.1. The van der Waals surface area contributed by atoms with Crippen LogP contribution in [-0.2, 0) is 18.9 Å². The molecule has 1 amide bonds. The fourth-order valence-electron chi connectivity index (χ4n) is 2.01. The third-order valence-electron chi connectivity index (χ3n) is 3.27. The van der Waals surface area contributed by atoms with E-state index < -0.39 is 22.5 Å². The number of aromatic nitrogens is 3. The van der Waals surface area contributed by atoms with Crippen molar-refractivity contribution < 1.29 is 4.79 Å². The van der Waals surface area contributed by atoms with Crippen molar-refractivity contribution >= 4 is 34.2 Å². The SMILES string of the molecule is Cc1cnc2c(c1NC(=O)C(C)Cl)c(=O)n(C)c(=O)n2C. The van der Waals surface area contributed by atoms with E-state index in [1.807, 2.05) is 0 Å². The van der Waals surface area contributed by atoms with Crippen LogP contribution >= 0.6 is 11.6 Å². The lowest BCUT2D eigenvalue weighted by molar-refractivity contribution is -0.115. The van der Waals surface area contributed by atoms with Gasteiger partial charge in [0.1, 0.15) is 10.8 Å². The maximum Gasteiger partial charge on any atom is 0.332 e. The molecule has 8 heteroatoms. The van der Waals surface area contributed by atoms with Crippen LogP contribution < -0.4 is 16.6 Å². The molecule has 1 unspecified atom stereocenters. The number of nitrogens with one attached hydrogen (secondary N) is 1. The number of anilines is 1. The van der Waals surface area contributed by atoms with Gasteiger partial charge in [0, 0.05) is 20.3 Å². The monoisotopic (exact) mass is 310 g/mol. The molecule has 2 rings (SSSR count). The first-order valence-electron chi connectivity index (χ1n) is 6.26. The average molecular weight is 311 g/mol. The zero-order valence-corrected chi connectivity index (χ0v) is 12.9.